The Kier molecular flexibility index (Phi) is 64.9. The van der Waals surface area contributed by atoms with Gasteiger partial charge in [0, 0.05) is 6.42 Å². The van der Waals surface area contributed by atoms with E-state index in [1.165, 1.54) is 321 Å². The predicted molar refractivity (Wildman–Crippen MR) is 411 cm³/mol. The number of amides is 1. The number of carbonyl (C=O) groups excluding carboxylic acids is 1. The number of ether oxygens (including phenoxy) is 4. The average molecular weight is 1400 g/mol. The van der Waals surface area contributed by atoms with Crippen LogP contribution in [0.15, 0.2) is 48.6 Å². The van der Waals surface area contributed by atoms with Crippen LogP contribution in [0.5, 0.6) is 0 Å². The van der Waals surface area contributed by atoms with E-state index >= 15 is 0 Å². The summed E-state index contributed by atoms with van der Waals surface area (Å²) < 4.78 is 22.9. The number of hydrogen-bond acceptors (Lipinski definition) is 13. The lowest BCUT2D eigenvalue weighted by molar-refractivity contribution is -0.359. The molecule has 14 nitrogen and oxygen atoms in total. The van der Waals surface area contributed by atoms with Crippen LogP contribution < -0.4 is 5.32 Å². The first-order valence-corrected chi connectivity index (χ1v) is 42.4. The third kappa shape index (κ3) is 51.7. The number of allylic oxidation sites excluding steroid dienone is 7. The molecule has 2 heterocycles. The molecule has 0 aromatic rings. The van der Waals surface area contributed by atoms with E-state index in [-0.39, 0.29) is 18.9 Å². The Bertz CT molecular complexity index is 1850. The minimum Gasteiger partial charge on any atom is -0.394 e. The minimum absolute atomic E-state index is 0.241. The van der Waals surface area contributed by atoms with E-state index in [0.29, 0.717) is 12.8 Å². The highest BCUT2D eigenvalue weighted by atomic mass is 16.7. The summed E-state index contributed by atoms with van der Waals surface area (Å²) in [6.45, 7) is 2.84. The predicted octanol–water partition coefficient (Wildman–Crippen LogP) is 19.8. The molecule has 0 bridgehead atoms. The topological polar surface area (TPSA) is 228 Å². The number of aliphatic hydroxyl groups is 8. The number of carbonyl (C=O) groups is 1. The highest BCUT2D eigenvalue weighted by molar-refractivity contribution is 5.76. The third-order valence-electron chi connectivity index (χ3n) is 20.7. The van der Waals surface area contributed by atoms with Crippen molar-refractivity contribution in [2.24, 2.45) is 0 Å². The van der Waals surface area contributed by atoms with Crippen LogP contribution in [0.4, 0.5) is 0 Å². The molecule has 0 aliphatic carbocycles. The summed E-state index contributed by atoms with van der Waals surface area (Å²) in [5, 5.41) is 87.7. The molecule has 2 aliphatic rings. The second kappa shape index (κ2) is 69.0. The monoisotopic (exact) mass is 1400 g/mol. The van der Waals surface area contributed by atoms with Gasteiger partial charge in [-0.15, -0.1) is 0 Å². The summed E-state index contributed by atoms with van der Waals surface area (Å²) in [4.78, 5) is 13.4. The molecule has 1 amide bonds. The lowest BCUT2D eigenvalue weighted by Crippen LogP contribution is -2.65. The lowest BCUT2D eigenvalue weighted by atomic mass is 9.97. The zero-order chi connectivity index (χ0) is 71.5. The quantitative estimate of drug-likeness (QED) is 0.0204. The van der Waals surface area contributed by atoms with Crippen molar-refractivity contribution in [2.45, 2.75) is 466 Å². The standard InChI is InChI=1S/C85H159NO13/c1-3-5-7-9-11-13-15-17-19-21-23-25-27-29-31-33-35-36-37-38-39-41-43-45-47-49-51-53-55-57-59-61-63-65-67-69-77(90)86-73(72-96-84-82(95)80(93)83(76(71-88)98-84)99-85-81(94)79(92)78(91)75(70-87)97-85)74(89)68-66-64-62-60-58-56-54-52-50-48-46-44-42-40-34-32-30-28-26-24-22-20-18-16-14-12-10-8-6-4-2/h15,17,21,23,58,60,66,68,73-76,78-85,87-89,91-95H,3-14,16,18-20,22,24-57,59,61-65,67,69-72H2,1-2H3,(H,86,90)/b17-15-,23-21-,60-58+,68-66+. The Morgan fingerprint density at radius 3 is 1.05 bits per heavy atom. The van der Waals surface area contributed by atoms with Crippen molar-refractivity contribution in [3.63, 3.8) is 0 Å². The van der Waals surface area contributed by atoms with Gasteiger partial charge in [0.2, 0.25) is 5.91 Å². The third-order valence-corrected chi connectivity index (χ3v) is 20.7. The van der Waals surface area contributed by atoms with Crippen molar-refractivity contribution in [3.8, 4) is 0 Å². The summed E-state index contributed by atoms with van der Waals surface area (Å²) >= 11 is 0. The van der Waals surface area contributed by atoms with E-state index < -0.39 is 86.8 Å². The molecular formula is C85H159NO13. The smallest absolute Gasteiger partial charge is 0.220 e. The first kappa shape index (κ1) is 93.0. The lowest BCUT2D eigenvalue weighted by Gasteiger charge is -2.46. The van der Waals surface area contributed by atoms with Crippen molar-refractivity contribution in [1.82, 2.24) is 5.32 Å². The van der Waals surface area contributed by atoms with Crippen LogP contribution in [-0.2, 0) is 23.7 Å². The minimum atomic E-state index is -1.79. The van der Waals surface area contributed by atoms with Crippen LogP contribution in [-0.4, -0.2) is 140 Å². The van der Waals surface area contributed by atoms with Crippen molar-refractivity contribution in [3.05, 3.63) is 48.6 Å². The second-order valence-electron chi connectivity index (χ2n) is 30.0. The molecule has 0 aromatic carbocycles. The van der Waals surface area contributed by atoms with Gasteiger partial charge in [-0.1, -0.05) is 371 Å². The number of nitrogens with one attached hydrogen (secondary N) is 1. The van der Waals surface area contributed by atoms with Crippen LogP contribution in [0.25, 0.3) is 0 Å². The van der Waals surface area contributed by atoms with Gasteiger partial charge in [0.15, 0.2) is 12.6 Å². The number of aliphatic hydroxyl groups excluding tert-OH is 8. The van der Waals surface area contributed by atoms with Crippen LogP contribution in [0, 0.1) is 0 Å². The number of rotatable bonds is 72. The van der Waals surface area contributed by atoms with Gasteiger partial charge >= 0.3 is 0 Å². The van der Waals surface area contributed by atoms with Gasteiger partial charge in [0.1, 0.15) is 48.8 Å². The van der Waals surface area contributed by atoms with Crippen LogP contribution in [0.1, 0.15) is 393 Å². The Hall–Kier alpha value is -2.05. The van der Waals surface area contributed by atoms with Gasteiger partial charge in [-0.3, -0.25) is 4.79 Å². The molecule has 0 radical (unpaired) electrons. The zero-order valence-corrected chi connectivity index (χ0v) is 64.0. The maximum absolute atomic E-state index is 13.4. The van der Waals surface area contributed by atoms with E-state index in [1.807, 2.05) is 6.08 Å². The maximum atomic E-state index is 13.4. The molecule has 0 saturated carbocycles. The summed E-state index contributed by atoms with van der Waals surface area (Å²) in [6.07, 6.45) is 76.4. The summed E-state index contributed by atoms with van der Waals surface area (Å²) in [7, 11) is 0. The number of hydrogen-bond donors (Lipinski definition) is 9. The maximum Gasteiger partial charge on any atom is 0.220 e. The molecule has 582 valence electrons. The fourth-order valence-corrected chi connectivity index (χ4v) is 14.1. The highest BCUT2D eigenvalue weighted by Gasteiger charge is 2.51. The normalized spacial score (nSPS) is 22.1. The summed E-state index contributed by atoms with van der Waals surface area (Å²) in [5.74, 6) is -0.241. The molecule has 9 N–H and O–H groups in total. The van der Waals surface area contributed by atoms with E-state index in [1.54, 1.807) is 6.08 Å². The highest BCUT2D eigenvalue weighted by Crippen LogP contribution is 2.30. The summed E-state index contributed by atoms with van der Waals surface area (Å²) in [5.41, 5.74) is 0. The van der Waals surface area contributed by atoms with Crippen molar-refractivity contribution in [2.75, 3.05) is 19.8 Å². The molecule has 14 heteroatoms. The fourth-order valence-electron chi connectivity index (χ4n) is 14.1. The van der Waals surface area contributed by atoms with Crippen LogP contribution in [0.2, 0.25) is 0 Å². The first-order chi connectivity index (χ1) is 48.6. The Morgan fingerprint density at radius 2 is 0.677 bits per heavy atom. The molecular weight excluding hydrogens is 1240 g/mol. The molecule has 0 aromatic heterocycles. The Labute approximate surface area is 607 Å². The van der Waals surface area contributed by atoms with Crippen molar-refractivity contribution < 1.29 is 64.6 Å². The zero-order valence-electron chi connectivity index (χ0n) is 64.0. The number of unbranched alkanes of at least 4 members (excludes halogenated alkanes) is 53. The van der Waals surface area contributed by atoms with E-state index in [2.05, 4.69) is 55.6 Å². The van der Waals surface area contributed by atoms with Crippen LogP contribution >= 0.6 is 0 Å². The van der Waals surface area contributed by atoms with Gasteiger partial charge in [-0.25, -0.2) is 0 Å². The van der Waals surface area contributed by atoms with E-state index in [4.69, 9.17) is 18.9 Å². The van der Waals surface area contributed by atoms with Crippen molar-refractivity contribution >= 4 is 5.91 Å². The van der Waals surface area contributed by atoms with Gasteiger partial charge in [-0.2, -0.15) is 0 Å². The van der Waals surface area contributed by atoms with E-state index in [0.717, 1.165) is 38.5 Å². The second-order valence-corrected chi connectivity index (χ2v) is 30.0. The molecule has 12 atom stereocenters. The average Bonchev–Trinajstić information content (AvgIpc) is 0.799. The Balaban J connectivity index is 1.60. The SMILES string of the molecule is CCCCCCC/C=C\C/C=C\CCCCCCCCCCCCCCCCCCCCCCCCCC(=O)NC(COC1OC(CO)C(OC2OC(CO)C(O)C(O)C2O)C(O)C1O)C(O)/C=C/CC/C=C/CCCCCCCCCCCCCCCCCCCCCCCCCC. The van der Waals surface area contributed by atoms with Gasteiger partial charge in [0.05, 0.1) is 32.0 Å². The Morgan fingerprint density at radius 1 is 0.364 bits per heavy atom. The van der Waals surface area contributed by atoms with Gasteiger partial charge in [0.25, 0.3) is 0 Å². The molecule has 12 unspecified atom stereocenters. The van der Waals surface area contributed by atoms with Crippen LogP contribution in [0.3, 0.4) is 0 Å². The summed E-state index contributed by atoms with van der Waals surface area (Å²) in [6, 6.07) is -0.933. The van der Waals surface area contributed by atoms with Gasteiger partial charge < -0.3 is 65.1 Å². The fraction of sp³-hybridized carbons (Fsp3) is 0.894. The van der Waals surface area contributed by atoms with Crippen molar-refractivity contribution in [1.29, 1.82) is 0 Å². The molecule has 2 rings (SSSR count). The van der Waals surface area contributed by atoms with Gasteiger partial charge in [-0.05, 0) is 64.2 Å². The molecule has 2 saturated heterocycles. The van der Waals surface area contributed by atoms with E-state index in [9.17, 15) is 45.6 Å². The largest absolute Gasteiger partial charge is 0.394 e. The molecule has 0 spiro atoms. The molecule has 99 heavy (non-hydrogen) atoms. The first-order valence-electron chi connectivity index (χ1n) is 42.4. The molecule has 2 aliphatic heterocycles. The molecule has 2 fully saturated rings.